The van der Waals surface area contributed by atoms with E-state index < -0.39 is 0 Å². The minimum absolute atomic E-state index is 0. The quantitative estimate of drug-likeness (QED) is 0.775. The molecule has 114 valence electrons. The van der Waals surface area contributed by atoms with Gasteiger partial charge in [0.2, 0.25) is 5.91 Å². The standard InChI is InChI=1S/C16H26N2O.ClH/c1-4-17-14(3)12-18-16(19)7-5-6-15-10-8-13(2)9-11-15;/h8-11,14,17H,4-7,12H2,1-3H3,(H,18,19);1H/t14-;/m1./s1. The molecule has 0 unspecified atom stereocenters. The van der Waals surface area contributed by atoms with E-state index in [0.29, 0.717) is 19.0 Å². The summed E-state index contributed by atoms with van der Waals surface area (Å²) in [4.78, 5) is 11.7. The first-order chi connectivity index (χ1) is 9.11. The van der Waals surface area contributed by atoms with Gasteiger partial charge in [-0.1, -0.05) is 36.8 Å². The van der Waals surface area contributed by atoms with Crippen LogP contribution < -0.4 is 10.6 Å². The van der Waals surface area contributed by atoms with E-state index in [2.05, 4.69) is 55.7 Å². The number of aryl methyl sites for hydroxylation is 2. The molecule has 0 saturated heterocycles. The Morgan fingerprint density at radius 3 is 2.50 bits per heavy atom. The van der Waals surface area contributed by atoms with Gasteiger partial charge in [0.25, 0.3) is 0 Å². The summed E-state index contributed by atoms with van der Waals surface area (Å²) in [5.74, 6) is 0.150. The van der Waals surface area contributed by atoms with Gasteiger partial charge in [-0.25, -0.2) is 0 Å². The summed E-state index contributed by atoms with van der Waals surface area (Å²) in [6.07, 6.45) is 2.48. The molecule has 1 atom stereocenters. The van der Waals surface area contributed by atoms with Gasteiger partial charge in [0.1, 0.15) is 0 Å². The van der Waals surface area contributed by atoms with E-state index in [9.17, 15) is 4.79 Å². The first-order valence-corrected chi connectivity index (χ1v) is 7.17. The molecule has 0 aliphatic rings. The molecule has 1 rings (SSSR count). The highest BCUT2D eigenvalue weighted by atomic mass is 35.5. The van der Waals surface area contributed by atoms with E-state index in [0.717, 1.165) is 19.4 Å². The Kier molecular flexibility index (Phi) is 10.1. The van der Waals surface area contributed by atoms with Crippen molar-refractivity contribution in [2.45, 2.75) is 46.1 Å². The van der Waals surface area contributed by atoms with E-state index in [1.807, 2.05) is 0 Å². The third-order valence-corrected chi connectivity index (χ3v) is 3.15. The molecule has 4 heteroatoms. The number of likely N-dealkylation sites (N-methyl/N-ethyl adjacent to an activating group) is 1. The Labute approximate surface area is 128 Å². The molecule has 0 radical (unpaired) electrons. The van der Waals surface area contributed by atoms with Gasteiger partial charge < -0.3 is 10.6 Å². The Morgan fingerprint density at radius 2 is 1.90 bits per heavy atom. The Hall–Kier alpha value is -1.06. The van der Waals surface area contributed by atoms with Crippen LogP contribution in [0.5, 0.6) is 0 Å². The maximum Gasteiger partial charge on any atom is 0.220 e. The number of hydrogen-bond acceptors (Lipinski definition) is 2. The van der Waals surface area contributed by atoms with Crippen LogP contribution in [0.1, 0.15) is 37.8 Å². The molecule has 0 aromatic heterocycles. The van der Waals surface area contributed by atoms with Gasteiger partial charge in [-0.3, -0.25) is 4.79 Å². The van der Waals surface area contributed by atoms with E-state index in [1.165, 1.54) is 11.1 Å². The predicted octanol–water partition coefficient (Wildman–Crippen LogP) is 2.85. The first kappa shape index (κ1) is 18.9. The molecular formula is C16H27ClN2O. The summed E-state index contributed by atoms with van der Waals surface area (Å²) in [5, 5.41) is 6.23. The zero-order chi connectivity index (χ0) is 14.1. The number of nitrogens with one attached hydrogen (secondary N) is 2. The molecule has 1 aromatic carbocycles. The summed E-state index contributed by atoms with van der Waals surface area (Å²) in [6, 6.07) is 8.85. The summed E-state index contributed by atoms with van der Waals surface area (Å²) in [5.41, 5.74) is 2.58. The molecule has 3 nitrogen and oxygen atoms in total. The molecule has 1 amide bonds. The monoisotopic (exact) mass is 298 g/mol. The van der Waals surface area contributed by atoms with Gasteiger partial charge in [0, 0.05) is 19.0 Å². The summed E-state index contributed by atoms with van der Waals surface area (Å²) in [6.45, 7) is 7.88. The zero-order valence-electron chi connectivity index (χ0n) is 12.7. The number of rotatable bonds is 8. The molecule has 0 aliphatic carbocycles. The van der Waals surface area contributed by atoms with Crippen LogP contribution in [0, 0.1) is 6.92 Å². The van der Waals surface area contributed by atoms with E-state index >= 15 is 0 Å². The van der Waals surface area contributed by atoms with Crippen LogP contribution in [-0.4, -0.2) is 25.0 Å². The van der Waals surface area contributed by atoms with Gasteiger partial charge in [-0.05, 0) is 38.8 Å². The Morgan fingerprint density at radius 1 is 1.25 bits per heavy atom. The Balaban J connectivity index is 0.00000361. The smallest absolute Gasteiger partial charge is 0.220 e. The highest BCUT2D eigenvalue weighted by Gasteiger charge is 2.04. The zero-order valence-corrected chi connectivity index (χ0v) is 13.6. The van der Waals surface area contributed by atoms with Crippen molar-refractivity contribution in [2.75, 3.05) is 13.1 Å². The molecule has 0 aliphatic heterocycles. The maximum absolute atomic E-state index is 11.7. The second-order valence-corrected chi connectivity index (χ2v) is 5.10. The number of hydrogen-bond donors (Lipinski definition) is 2. The average Bonchev–Trinajstić information content (AvgIpc) is 2.39. The summed E-state index contributed by atoms with van der Waals surface area (Å²) < 4.78 is 0. The van der Waals surface area contributed by atoms with Crippen molar-refractivity contribution >= 4 is 18.3 Å². The lowest BCUT2D eigenvalue weighted by Gasteiger charge is -2.13. The highest BCUT2D eigenvalue weighted by Crippen LogP contribution is 2.07. The maximum atomic E-state index is 11.7. The highest BCUT2D eigenvalue weighted by molar-refractivity contribution is 5.85. The number of amides is 1. The normalized spacial score (nSPS) is 11.6. The van der Waals surface area contributed by atoms with E-state index in [4.69, 9.17) is 0 Å². The molecule has 20 heavy (non-hydrogen) atoms. The van der Waals surface area contributed by atoms with Crippen molar-refractivity contribution in [3.05, 3.63) is 35.4 Å². The molecule has 0 bridgehead atoms. The molecular weight excluding hydrogens is 272 g/mol. The predicted molar refractivity (Wildman–Crippen MR) is 87.5 cm³/mol. The molecule has 1 aromatic rings. The first-order valence-electron chi connectivity index (χ1n) is 7.17. The number of halogens is 1. The van der Waals surface area contributed by atoms with Gasteiger partial charge in [0.05, 0.1) is 0 Å². The van der Waals surface area contributed by atoms with Crippen LogP contribution in [0.4, 0.5) is 0 Å². The van der Waals surface area contributed by atoms with E-state index in [1.54, 1.807) is 0 Å². The van der Waals surface area contributed by atoms with Crippen molar-refractivity contribution in [1.82, 2.24) is 10.6 Å². The largest absolute Gasteiger partial charge is 0.355 e. The number of carbonyl (C=O) groups is 1. The topological polar surface area (TPSA) is 41.1 Å². The lowest BCUT2D eigenvalue weighted by Crippen LogP contribution is -2.38. The third kappa shape index (κ3) is 8.18. The third-order valence-electron chi connectivity index (χ3n) is 3.15. The van der Waals surface area contributed by atoms with Gasteiger partial charge in [-0.2, -0.15) is 0 Å². The van der Waals surface area contributed by atoms with Crippen molar-refractivity contribution < 1.29 is 4.79 Å². The second-order valence-electron chi connectivity index (χ2n) is 5.10. The van der Waals surface area contributed by atoms with Crippen LogP contribution in [0.25, 0.3) is 0 Å². The van der Waals surface area contributed by atoms with Crippen molar-refractivity contribution in [1.29, 1.82) is 0 Å². The minimum atomic E-state index is 0. The molecule has 0 saturated carbocycles. The number of carbonyl (C=O) groups excluding carboxylic acids is 1. The van der Waals surface area contributed by atoms with Crippen molar-refractivity contribution in [2.24, 2.45) is 0 Å². The van der Waals surface area contributed by atoms with Crippen LogP contribution >= 0.6 is 12.4 Å². The summed E-state index contributed by atoms with van der Waals surface area (Å²) in [7, 11) is 0. The van der Waals surface area contributed by atoms with Crippen molar-refractivity contribution in [3.8, 4) is 0 Å². The lowest BCUT2D eigenvalue weighted by molar-refractivity contribution is -0.121. The fourth-order valence-electron chi connectivity index (χ4n) is 1.98. The van der Waals surface area contributed by atoms with Gasteiger partial charge >= 0.3 is 0 Å². The van der Waals surface area contributed by atoms with Gasteiger partial charge in [0.15, 0.2) is 0 Å². The van der Waals surface area contributed by atoms with E-state index in [-0.39, 0.29) is 18.3 Å². The summed E-state index contributed by atoms with van der Waals surface area (Å²) >= 11 is 0. The van der Waals surface area contributed by atoms with Crippen LogP contribution in [-0.2, 0) is 11.2 Å². The molecule has 0 spiro atoms. The fraction of sp³-hybridized carbons (Fsp3) is 0.562. The van der Waals surface area contributed by atoms with Crippen LogP contribution in [0.3, 0.4) is 0 Å². The molecule has 2 N–H and O–H groups in total. The molecule has 0 heterocycles. The average molecular weight is 299 g/mol. The van der Waals surface area contributed by atoms with Crippen molar-refractivity contribution in [3.63, 3.8) is 0 Å². The SMILES string of the molecule is CCN[C@H](C)CNC(=O)CCCc1ccc(C)cc1.Cl. The lowest BCUT2D eigenvalue weighted by atomic mass is 10.1. The fourth-order valence-corrected chi connectivity index (χ4v) is 1.98. The second kappa shape index (κ2) is 10.7. The number of benzene rings is 1. The van der Waals surface area contributed by atoms with Crippen LogP contribution in [0.15, 0.2) is 24.3 Å². The Bertz CT molecular complexity index is 379. The van der Waals surface area contributed by atoms with Crippen LogP contribution in [0.2, 0.25) is 0 Å². The molecule has 0 fully saturated rings. The van der Waals surface area contributed by atoms with Gasteiger partial charge in [-0.15, -0.1) is 12.4 Å². The minimum Gasteiger partial charge on any atom is -0.355 e.